The third-order valence-electron chi connectivity index (χ3n) is 4.46. The number of hydrogen-bond donors (Lipinski definition) is 1. The summed E-state index contributed by atoms with van der Waals surface area (Å²) in [5.74, 6) is 0.335. The fraction of sp³-hybridized carbons (Fsp3) is 0.625. The molecular formula is C16H23N5O4. The van der Waals surface area contributed by atoms with E-state index in [0.717, 1.165) is 13.0 Å². The highest BCUT2D eigenvalue weighted by Crippen LogP contribution is 2.19. The summed E-state index contributed by atoms with van der Waals surface area (Å²) in [6.45, 7) is 4.95. The van der Waals surface area contributed by atoms with Crippen molar-refractivity contribution in [1.29, 1.82) is 0 Å². The number of imidazole rings is 1. The number of ether oxygens (including phenoxy) is 1. The second-order valence-corrected chi connectivity index (χ2v) is 6.40. The first-order valence-electron chi connectivity index (χ1n) is 8.51. The highest BCUT2D eigenvalue weighted by atomic mass is 16.5. The normalized spacial score (nSPS) is 14.4. The number of esters is 1. The van der Waals surface area contributed by atoms with Gasteiger partial charge in [0.1, 0.15) is 0 Å². The molecule has 9 heteroatoms. The Balaban J connectivity index is 1.79. The summed E-state index contributed by atoms with van der Waals surface area (Å²) in [6, 6.07) is 0. The number of aryl methyl sites for hydroxylation is 1. The SMILES string of the molecule is CC(=O)O[C@H](C)CCCCn1c(=O)c2c(nc3n2CCN3)n(C)c1=O. The fourth-order valence-corrected chi connectivity index (χ4v) is 3.24. The molecule has 0 saturated carbocycles. The van der Waals surface area contributed by atoms with E-state index in [4.69, 9.17) is 4.74 Å². The number of nitrogens with zero attached hydrogens (tertiary/aromatic N) is 4. The number of aromatic nitrogens is 4. The van der Waals surface area contributed by atoms with E-state index < -0.39 is 0 Å². The first kappa shape index (κ1) is 17.2. The third-order valence-corrected chi connectivity index (χ3v) is 4.46. The number of hydrogen-bond acceptors (Lipinski definition) is 6. The number of fused-ring (bicyclic) bond motifs is 3. The Morgan fingerprint density at radius 2 is 2.12 bits per heavy atom. The molecule has 0 bridgehead atoms. The zero-order chi connectivity index (χ0) is 18.1. The second-order valence-electron chi connectivity index (χ2n) is 6.40. The van der Waals surface area contributed by atoms with Crippen molar-refractivity contribution < 1.29 is 9.53 Å². The number of carbonyl (C=O) groups excluding carboxylic acids is 1. The summed E-state index contributed by atoms with van der Waals surface area (Å²) < 4.78 is 9.60. The zero-order valence-corrected chi connectivity index (χ0v) is 14.7. The van der Waals surface area contributed by atoms with E-state index in [2.05, 4.69) is 10.3 Å². The van der Waals surface area contributed by atoms with Crippen molar-refractivity contribution in [2.45, 2.75) is 52.3 Å². The maximum absolute atomic E-state index is 12.8. The van der Waals surface area contributed by atoms with Gasteiger partial charge in [0, 0.05) is 33.6 Å². The van der Waals surface area contributed by atoms with Crippen molar-refractivity contribution in [3.05, 3.63) is 20.8 Å². The lowest BCUT2D eigenvalue weighted by Gasteiger charge is -2.12. The van der Waals surface area contributed by atoms with Crippen molar-refractivity contribution in [2.75, 3.05) is 11.9 Å². The molecule has 0 aromatic carbocycles. The highest BCUT2D eigenvalue weighted by molar-refractivity contribution is 5.75. The van der Waals surface area contributed by atoms with E-state index in [0.29, 0.717) is 43.0 Å². The number of anilines is 1. The second kappa shape index (κ2) is 6.73. The van der Waals surface area contributed by atoms with Crippen molar-refractivity contribution in [3.8, 4) is 0 Å². The van der Waals surface area contributed by atoms with Crippen LogP contribution in [0.3, 0.4) is 0 Å². The molecule has 0 saturated heterocycles. The Hall–Kier alpha value is -2.58. The summed E-state index contributed by atoms with van der Waals surface area (Å²) in [4.78, 5) is 40.5. The fourth-order valence-electron chi connectivity index (χ4n) is 3.24. The number of carbonyl (C=O) groups is 1. The Labute approximate surface area is 144 Å². The number of unbranched alkanes of at least 4 members (excludes halogenated alkanes) is 1. The molecule has 25 heavy (non-hydrogen) atoms. The molecule has 0 amide bonds. The van der Waals surface area contributed by atoms with Crippen LogP contribution in [0, 0.1) is 0 Å². The van der Waals surface area contributed by atoms with E-state index >= 15 is 0 Å². The molecule has 3 heterocycles. The van der Waals surface area contributed by atoms with Gasteiger partial charge < -0.3 is 14.6 Å². The van der Waals surface area contributed by atoms with Crippen LogP contribution in [-0.4, -0.2) is 37.3 Å². The molecule has 1 N–H and O–H groups in total. The van der Waals surface area contributed by atoms with Gasteiger partial charge in [-0.1, -0.05) is 0 Å². The molecule has 2 aromatic rings. The topological polar surface area (TPSA) is 100 Å². The molecule has 0 aliphatic carbocycles. The molecule has 0 spiro atoms. The molecule has 1 aliphatic heterocycles. The minimum Gasteiger partial charge on any atom is -0.463 e. The maximum Gasteiger partial charge on any atom is 0.332 e. The summed E-state index contributed by atoms with van der Waals surface area (Å²) in [6.07, 6.45) is 1.95. The van der Waals surface area contributed by atoms with Crippen LogP contribution in [0.5, 0.6) is 0 Å². The quantitative estimate of drug-likeness (QED) is 0.600. The Morgan fingerprint density at radius 1 is 1.36 bits per heavy atom. The molecule has 0 radical (unpaired) electrons. The molecule has 0 unspecified atom stereocenters. The van der Waals surface area contributed by atoms with Crippen LogP contribution in [0.25, 0.3) is 11.2 Å². The Morgan fingerprint density at radius 3 is 2.84 bits per heavy atom. The van der Waals surface area contributed by atoms with Crippen molar-refractivity contribution in [3.63, 3.8) is 0 Å². The van der Waals surface area contributed by atoms with Crippen LogP contribution in [0.2, 0.25) is 0 Å². The van der Waals surface area contributed by atoms with Crippen LogP contribution in [0.1, 0.15) is 33.1 Å². The van der Waals surface area contributed by atoms with Gasteiger partial charge in [0.15, 0.2) is 11.2 Å². The van der Waals surface area contributed by atoms with Gasteiger partial charge in [0.25, 0.3) is 5.56 Å². The molecule has 3 rings (SSSR count). The van der Waals surface area contributed by atoms with E-state index in [1.807, 2.05) is 11.5 Å². The first-order chi connectivity index (χ1) is 11.9. The smallest absolute Gasteiger partial charge is 0.332 e. The minimum atomic E-state index is -0.359. The molecular weight excluding hydrogens is 326 g/mol. The predicted octanol–water partition coefficient (Wildman–Crippen LogP) is 0.444. The Bertz CT molecular complexity index is 923. The van der Waals surface area contributed by atoms with Crippen LogP contribution in [-0.2, 0) is 29.7 Å². The van der Waals surface area contributed by atoms with E-state index in [9.17, 15) is 14.4 Å². The zero-order valence-electron chi connectivity index (χ0n) is 14.7. The van der Waals surface area contributed by atoms with Gasteiger partial charge in [-0.15, -0.1) is 0 Å². The largest absolute Gasteiger partial charge is 0.463 e. The van der Waals surface area contributed by atoms with Gasteiger partial charge in [0.05, 0.1) is 6.10 Å². The molecule has 1 atom stereocenters. The summed E-state index contributed by atoms with van der Waals surface area (Å²) in [5, 5.41) is 3.11. The maximum atomic E-state index is 12.8. The molecule has 136 valence electrons. The summed E-state index contributed by atoms with van der Waals surface area (Å²) in [5.41, 5.74) is 0.225. The van der Waals surface area contributed by atoms with Crippen molar-refractivity contribution in [1.82, 2.24) is 18.7 Å². The van der Waals surface area contributed by atoms with Crippen LogP contribution in [0.15, 0.2) is 9.59 Å². The lowest BCUT2D eigenvalue weighted by Crippen LogP contribution is -2.39. The highest BCUT2D eigenvalue weighted by Gasteiger charge is 2.22. The van der Waals surface area contributed by atoms with Gasteiger partial charge in [-0.2, -0.15) is 4.98 Å². The number of rotatable bonds is 6. The molecule has 1 aliphatic rings. The lowest BCUT2D eigenvalue weighted by molar-refractivity contribution is -0.145. The van der Waals surface area contributed by atoms with Gasteiger partial charge >= 0.3 is 11.7 Å². The first-order valence-corrected chi connectivity index (χ1v) is 8.51. The standard InChI is InChI=1S/C16H23N5O4/c1-10(25-11(2)22)6-4-5-8-21-14(23)12-13(19(3)16(21)24)18-15-17-7-9-20(12)15/h10H,4-9H2,1-3H3,(H,17,18)/t10-/m1/s1. The van der Waals surface area contributed by atoms with E-state index in [1.54, 1.807) is 7.05 Å². The molecule has 2 aromatic heterocycles. The average Bonchev–Trinajstić information content (AvgIpc) is 3.12. The average molecular weight is 349 g/mol. The van der Waals surface area contributed by atoms with Gasteiger partial charge in [-0.3, -0.25) is 18.7 Å². The van der Waals surface area contributed by atoms with Crippen LogP contribution >= 0.6 is 0 Å². The predicted molar refractivity (Wildman–Crippen MR) is 92.8 cm³/mol. The molecule has 9 nitrogen and oxygen atoms in total. The van der Waals surface area contributed by atoms with Gasteiger partial charge in [-0.05, 0) is 26.2 Å². The minimum absolute atomic E-state index is 0.163. The Kier molecular flexibility index (Phi) is 4.65. The molecule has 0 fully saturated rings. The summed E-state index contributed by atoms with van der Waals surface area (Å²) in [7, 11) is 1.63. The van der Waals surface area contributed by atoms with Gasteiger partial charge in [-0.25, -0.2) is 4.79 Å². The van der Waals surface area contributed by atoms with Crippen molar-refractivity contribution in [2.24, 2.45) is 7.05 Å². The third kappa shape index (κ3) is 3.18. The van der Waals surface area contributed by atoms with Crippen LogP contribution in [0.4, 0.5) is 5.95 Å². The van der Waals surface area contributed by atoms with Crippen LogP contribution < -0.4 is 16.6 Å². The lowest BCUT2D eigenvalue weighted by atomic mass is 10.2. The van der Waals surface area contributed by atoms with E-state index in [1.165, 1.54) is 16.1 Å². The van der Waals surface area contributed by atoms with Gasteiger partial charge in [0.2, 0.25) is 5.95 Å². The summed E-state index contributed by atoms with van der Waals surface area (Å²) >= 11 is 0. The monoisotopic (exact) mass is 349 g/mol. The van der Waals surface area contributed by atoms with Crippen molar-refractivity contribution >= 4 is 23.1 Å². The number of nitrogens with one attached hydrogen (secondary N) is 1. The van der Waals surface area contributed by atoms with E-state index in [-0.39, 0.29) is 23.3 Å².